The Bertz CT molecular complexity index is 1410. The molecule has 0 saturated carbocycles. The lowest BCUT2D eigenvalue weighted by molar-refractivity contribution is -0.137. The molecule has 4 aromatic rings. The zero-order valence-corrected chi connectivity index (χ0v) is 19.1. The molecule has 1 aliphatic rings. The SMILES string of the molecule is CCn1c(=O)n(CC)c2cc(-c3c(-c4cccc(C(F)(F)F)c4)ncn3C3CCNC3)ccc21. The number of rotatable bonds is 5. The molecule has 1 atom stereocenters. The second-order valence-corrected chi connectivity index (χ2v) is 8.55. The summed E-state index contributed by atoms with van der Waals surface area (Å²) in [5.74, 6) is 0. The average Bonchev–Trinajstić information content (AvgIpc) is 3.55. The first-order valence-electron chi connectivity index (χ1n) is 11.5. The lowest BCUT2D eigenvalue weighted by Crippen LogP contribution is -2.23. The van der Waals surface area contributed by atoms with E-state index in [1.54, 1.807) is 21.5 Å². The van der Waals surface area contributed by atoms with Gasteiger partial charge in [0.25, 0.3) is 0 Å². The van der Waals surface area contributed by atoms with Gasteiger partial charge >= 0.3 is 11.9 Å². The van der Waals surface area contributed by atoms with Gasteiger partial charge < -0.3 is 9.88 Å². The first kappa shape index (κ1) is 22.5. The molecule has 9 heteroatoms. The first-order chi connectivity index (χ1) is 16.3. The Morgan fingerprint density at radius 3 is 2.47 bits per heavy atom. The summed E-state index contributed by atoms with van der Waals surface area (Å²) in [7, 11) is 0. The minimum absolute atomic E-state index is 0.0660. The molecule has 34 heavy (non-hydrogen) atoms. The largest absolute Gasteiger partial charge is 0.416 e. The van der Waals surface area contributed by atoms with Crippen LogP contribution in [0.3, 0.4) is 0 Å². The van der Waals surface area contributed by atoms with Crippen molar-refractivity contribution in [1.82, 2.24) is 24.0 Å². The van der Waals surface area contributed by atoms with E-state index in [1.165, 1.54) is 6.07 Å². The van der Waals surface area contributed by atoms with Gasteiger partial charge in [-0.3, -0.25) is 9.13 Å². The van der Waals surface area contributed by atoms with E-state index in [2.05, 4.69) is 14.9 Å². The number of nitrogens with one attached hydrogen (secondary N) is 1. The maximum atomic E-state index is 13.4. The molecule has 5 rings (SSSR count). The van der Waals surface area contributed by atoms with E-state index in [9.17, 15) is 18.0 Å². The van der Waals surface area contributed by atoms with Crippen molar-refractivity contribution < 1.29 is 13.2 Å². The molecule has 0 radical (unpaired) electrons. The number of benzene rings is 2. The van der Waals surface area contributed by atoms with Crippen molar-refractivity contribution in [3.05, 3.63) is 64.8 Å². The smallest absolute Gasteiger partial charge is 0.326 e. The summed E-state index contributed by atoms with van der Waals surface area (Å²) in [6, 6.07) is 11.2. The third-order valence-electron chi connectivity index (χ3n) is 6.61. The van der Waals surface area contributed by atoms with Crippen molar-refractivity contribution in [3.63, 3.8) is 0 Å². The number of halogens is 3. The van der Waals surface area contributed by atoms with E-state index in [1.807, 2.05) is 32.0 Å². The Labute approximate surface area is 194 Å². The lowest BCUT2D eigenvalue weighted by atomic mass is 10.0. The second-order valence-electron chi connectivity index (χ2n) is 8.55. The highest BCUT2D eigenvalue weighted by Crippen LogP contribution is 2.38. The molecule has 1 aliphatic heterocycles. The van der Waals surface area contributed by atoms with Crippen LogP contribution in [0.25, 0.3) is 33.5 Å². The van der Waals surface area contributed by atoms with E-state index in [-0.39, 0.29) is 11.7 Å². The highest BCUT2D eigenvalue weighted by atomic mass is 19.4. The number of hydrogen-bond donors (Lipinski definition) is 1. The molecule has 2 aromatic carbocycles. The van der Waals surface area contributed by atoms with Gasteiger partial charge in [-0.2, -0.15) is 13.2 Å². The number of aromatic nitrogens is 4. The van der Waals surface area contributed by atoms with Gasteiger partial charge in [0.2, 0.25) is 0 Å². The predicted octanol–water partition coefficient (Wildman–Crippen LogP) is 4.93. The molecular weight excluding hydrogens is 443 g/mol. The minimum atomic E-state index is -4.44. The Balaban J connectivity index is 1.74. The van der Waals surface area contributed by atoms with Crippen LogP contribution < -0.4 is 11.0 Å². The molecule has 0 bridgehead atoms. The van der Waals surface area contributed by atoms with Gasteiger partial charge in [0.05, 0.1) is 34.3 Å². The molecule has 0 amide bonds. The van der Waals surface area contributed by atoms with Gasteiger partial charge in [0.15, 0.2) is 0 Å². The van der Waals surface area contributed by atoms with Gasteiger partial charge in [-0.15, -0.1) is 0 Å². The van der Waals surface area contributed by atoms with Crippen LogP contribution in [0, 0.1) is 0 Å². The van der Waals surface area contributed by atoms with E-state index in [4.69, 9.17) is 0 Å². The number of hydrogen-bond acceptors (Lipinski definition) is 3. The van der Waals surface area contributed by atoms with Crippen LogP contribution in [0.4, 0.5) is 13.2 Å². The summed E-state index contributed by atoms with van der Waals surface area (Å²) in [5.41, 5.74) is 3.36. The Morgan fingerprint density at radius 1 is 1.03 bits per heavy atom. The Hall–Kier alpha value is -3.33. The fraction of sp³-hybridized carbons (Fsp3) is 0.360. The first-order valence-corrected chi connectivity index (χ1v) is 11.5. The van der Waals surface area contributed by atoms with E-state index in [0.29, 0.717) is 24.3 Å². The second kappa shape index (κ2) is 8.47. The van der Waals surface area contributed by atoms with Gasteiger partial charge in [0, 0.05) is 36.8 Å². The van der Waals surface area contributed by atoms with Crippen LogP contribution in [0.15, 0.2) is 53.6 Å². The maximum absolute atomic E-state index is 13.4. The number of aryl methyl sites for hydroxylation is 2. The molecule has 1 saturated heterocycles. The molecule has 1 unspecified atom stereocenters. The van der Waals surface area contributed by atoms with Crippen LogP contribution in [0.2, 0.25) is 0 Å². The van der Waals surface area contributed by atoms with Crippen molar-refractivity contribution in [2.45, 2.75) is 45.6 Å². The summed E-state index contributed by atoms with van der Waals surface area (Å²) >= 11 is 0. The number of alkyl halides is 3. The summed E-state index contributed by atoms with van der Waals surface area (Å²) < 4.78 is 45.8. The normalized spacial score (nSPS) is 16.6. The fourth-order valence-electron chi connectivity index (χ4n) is 4.93. The molecule has 0 spiro atoms. The Morgan fingerprint density at radius 2 is 1.79 bits per heavy atom. The summed E-state index contributed by atoms with van der Waals surface area (Å²) in [6.07, 6.45) is -1.82. The molecule has 178 valence electrons. The summed E-state index contributed by atoms with van der Waals surface area (Å²) in [4.78, 5) is 17.4. The molecule has 1 fully saturated rings. The van der Waals surface area contributed by atoms with Crippen molar-refractivity contribution >= 4 is 11.0 Å². The van der Waals surface area contributed by atoms with Crippen molar-refractivity contribution in [3.8, 4) is 22.5 Å². The van der Waals surface area contributed by atoms with E-state index in [0.717, 1.165) is 53.9 Å². The van der Waals surface area contributed by atoms with Crippen LogP contribution in [0.5, 0.6) is 0 Å². The minimum Gasteiger partial charge on any atom is -0.326 e. The van der Waals surface area contributed by atoms with Crippen LogP contribution in [-0.4, -0.2) is 31.8 Å². The molecule has 1 N–H and O–H groups in total. The van der Waals surface area contributed by atoms with Gasteiger partial charge in [0.1, 0.15) is 0 Å². The topological polar surface area (TPSA) is 56.8 Å². The van der Waals surface area contributed by atoms with Gasteiger partial charge in [-0.05, 0) is 51.1 Å². The molecular formula is C25H26F3N5O. The highest BCUT2D eigenvalue weighted by molar-refractivity contribution is 5.86. The standard InChI is InChI=1S/C25H26F3N5O/c1-3-31-20-9-8-17(13-21(20)32(4-2)24(31)34)23-22(30-15-33(23)19-10-11-29-14-19)16-6-5-7-18(12-16)25(26,27)28/h5-9,12-13,15,19,29H,3-4,10-11,14H2,1-2H3. The lowest BCUT2D eigenvalue weighted by Gasteiger charge is -2.17. The summed E-state index contributed by atoms with van der Waals surface area (Å²) in [6.45, 7) is 6.58. The maximum Gasteiger partial charge on any atom is 0.416 e. The van der Waals surface area contributed by atoms with Crippen LogP contribution >= 0.6 is 0 Å². The molecule has 0 aliphatic carbocycles. The van der Waals surface area contributed by atoms with Gasteiger partial charge in [-0.25, -0.2) is 9.78 Å². The van der Waals surface area contributed by atoms with Crippen LogP contribution in [0.1, 0.15) is 31.9 Å². The van der Waals surface area contributed by atoms with E-state index >= 15 is 0 Å². The average molecular weight is 470 g/mol. The molecule has 2 aromatic heterocycles. The highest BCUT2D eigenvalue weighted by Gasteiger charge is 2.31. The predicted molar refractivity (Wildman–Crippen MR) is 126 cm³/mol. The zero-order valence-electron chi connectivity index (χ0n) is 19.1. The number of imidazole rings is 2. The third kappa shape index (κ3) is 3.64. The monoisotopic (exact) mass is 469 g/mol. The van der Waals surface area contributed by atoms with Crippen molar-refractivity contribution in [2.75, 3.05) is 13.1 Å². The van der Waals surface area contributed by atoms with Crippen molar-refractivity contribution in [2.24, 2.45) is 0 Å². The zero-order chi connectivity index (χ0) is 24.0. The molecule has 6 nitrogen and oxygen atoms in total. The fourth-order valence-corrected chi connectivity index (χ4v) is 4.93. The van der Waals surface area contributed by atoms with Crippen LogP contribution in [-0.2, 0) is 19.3 Å². The molecule has 3 heterocycles. The summed E-state index contributed by atoms with van der Waals surface area (Å²) in [5, 5.41) is 3.35. The quantitative estimate of drug-likeness (QED) is 0.451. The third-order valence-corrected chi connectivity index (χ3v) is 6.61. The van der Waals surface area contributed by atoms with E-state index < -0.39 is 11.7 Å². The van der Waals surface area contributed by atoms with Gasteiger partial charge in [-0.1, -0.05) is 18.2 Å². The number of nitrogens with zero attached hydrogens (tertiary/aromatic N) is 4. The van der Waals surface area contributed by atoms with Crippen molar-refractivity contribution in [1.29, 1.82) is 0 Å². The number of fused-ring (bicyclic) bond motifs is 1. The Kier molecular flexibility index (Phi) is 5.59.